The van der Waals surface area contributed by atoms with Crippen LogP contribution in [-0.2, 0) is 11.3 Å². The van der Waals surface area contributed by atoms with E-state index in [2.05, 4.69) is 41.4 Å². The van der Waals surface area contributed by atoms with Crippen LogP contribution in [0.5, 0.6) is 0 Å². The molecule has 0 aromatic heterocycles. The molecule has 1 saturated carbocycles. The molecule has 0 atom stereocenters. The van der Waals surface area contributed by atoms with Gasteiger partial charge in [0.15, 0.2) is 0 Å². The van der Waals surface area contributed by atoms with Gasteiger partial charge in [0, 0.05) is 25.7 Å². The predicted molar refractivity (Wildman–Crippen MR) is 91.0 cm³/mol. The van der Waals surface area contributed by atoms with E-state index in [1.807, 2.05) is 0 Å². The van der Waals surface area contributed by atoms with Crippen molar-refractivity contribution in [3.8, 4) is 0 Å². The van der Waals surface area contributed by atoms with Crippen molar-refractivity contribution < 1.29 is 9.90 Å². The van der Waals surface area contributed by atoms with Gasteiger partial charge >= 0.3 is 0 Å². The highest BCUT2D eigenvalue weighted by Gasteiger charge is 2.39. The Bertz CT molecular complexity index is 544. The summed E-state index contributed by atoms with van der Waals surface area (Å²) in [7, 11) is 0. The van der Waals surface area contributed by atoms with Gasteiger partial charge in [-0.15, -0.1) is 0 Å². The Kier molecular flexibility index (Phi) is 5.02. The number of carbonyl (C=O) groups is 1. The predicted octanol–water partition coefficient (Wildman–Crippen LogP) is 2.38. The van der Waals surface area contributed by atoms with Gasteiger partial charge in [-0.2, -0.15) is 0 Å². The van der Waals surface area contributed by atoms with Crippen molar-refractivity contribution in [1.29, 1.82) is 0 Å². The van der Waals surface area contributed by atoms with E-state index in [0.29, 0.717) is 12.8 Å². The molecule has 1 aliphatic carbocycles. The minimum atomic E-state index is -1.10. The number of carbonyl (C=O) groups excluding carboxylic acids is 1. The molecule has 4 heteroatoms. The molecule has 2 fully saturated rings. The van der Waals surface area contributed by atoms with E-state index >= 15 is 0 Å². The summed E-state index contributed by atoms with van der Waals surface area (Å²) in [5.74, 6) is -0.146. The minimum Gasteiger partial charge on any atom is -0.380 e. The average molecular weight is 316 g/mol. The maximum atomic E-state index is 12.3. The number of aryl methyl sites for hydroxylation is 1. The highest BCUT2D eigenvalue weighted by atomic mass is 16.3. The van der Waals surface area contributed by atoms with Gasteiger partial charge in [-0.1, -0.05) is 29.8 Å². The normalized spacial score (nSPS) is 22.2. The van der Waals surface area contributed by atoms with Gasteiger partial charge in [-0.05, 0) is 51.0 Å². The van der Waals surface area contributed by atoms with Crippen LogP contribution in [0.25, 0.3) is 0 Å². The number of likely N-dealkylation sites (tertiary alicyclic amines) is 1. The van der Waals surface area contributed by atoms with Crippen LogP contribution in [0.15, 0.2) is 24.3 Å². The molecule has 0 radical (unpaired) electrons. The average Bonchev–Trinajstić information content (AvgIpc) is 2.97. The molecule has 1 aromatic carbocycles. The largest absolute Gasteiger partial charge is 0.380 e. The Morgan fingerprint density at radius 2 is 2.00 bits per heavy atom. The van der Waals surface area contributed by atoms with Crippen molar-refractivity contribution in [2.75, 3.05) is 13.1 Å². The number of hydrogen-bond donors (Lipinski definition) is 2. The van der Waals surface area contributed by atoms with Gasteiger partial charge in [-0.25, -0.2) is 0 Å². The molecular weight excluding hydrogens is 288 g/mol. The Morgan fingerprint density at radius 3 is 2.65 bits per heavy atom. The van der Waals surface area contributed by atoms with Crippen LogP contribution in [0.3, 0.4) is 0 Å². The van der Waals surface area contributed by atoms with Crippen LogP contribution in [0.2, 0.25) is 0 Å². The fraction of sp³-hybridized carbons (Fsp3) is 0.632. The molecule has 2 aliphatic rings. The monoisotopic (exact) mass is 316 g/mol. The Balaban J connectivity index is 1.46. The lowest BCUT2D eigenvalue weighted by Crippen LogP contribution is -2.51. The molecular formula is C19H28N2O2. The smallest absolute Gasteiger partial charge is 0.252 e. The second kappa shape index (κ2) is 7.02. The molecule has 1 amide bonds. The summed E-state index contributed by atoms with van der Waals surface area (Å²) >= 11 is 0. The highest BCUT2D eigenvalue weighted by Crippen LogP contribution is 2.30. The molecule has 126 valence electrons. The fourth-order valence-corrected chi connectivity index (χ4v) is 3.81. The Morgan fingerprint density at radius 1 is 1.30 bits per heavy atom. The third-order valence-electron chi connectivity index (χ3n) is 5.26. The van der Waals surface area contributed by atoms with Crippen LogP contribution in [0, 0.1) is 6.92 Å². The molecule has 1 heterocycles. The summed E-state index contributed by atoms with van der Waals surface area (Å²) in [5.41, 5.74) is 1.56. The van der Waals surface area contributed by atoms with E-state index in [0.717, 1.165) is 45.3 Å². The Hall–Kier alpha value is -1.39. The van der Waals surface area contributed by atoms with Crippen LogP contribution in [0.1, 0.15) is 49.7 Å². The van der Waals surface area contributed by atoms with E-state index in [9.17, 15) is 9.90 Å². The summed E-state index contributed by atoms with van der Waals surface area (Å²) in [6.45, 7) is 5.10. The maximum Gasteiger partial charge on any atom is 0.252 e. The number of hydrogen-bond acceptors (Lipinski definition) is 3. The van der Waals surface area contributed by atoms with Crippen molar-refractivity contribution in [3.05, 3.63) is 35.4 Å². The second-order valence-corrected chi connectivity index (χ2v) is 7.25. The van der Waals surface area contributed by atoms with Gasteiger partial charge in [-0.3, -0.25) is 9.69 Å². The number of nitrogens with one attached hydrogen (secondary N) is 1. The van der Waals surface area contributed by atoms with Crippen LogP contribution in [-0.4, -0.2) is 40.6 Å². The molecule has 3 rings (SSSR count). The number of nitrogens with zero attached hydrogens (tertiary/aromatic N) is 1. The van der Waals surface area contributed by atoms with Crippen LogP contribution < -0.4 is 5.32 Å². The quantitative estimate of drug-likeness (QED) is 0.897. The topological polar surface area (TPSA) is 52.6 Å². The second-order valence-electron chi connectivity index (χ2n) is 7.25. The van der Waals surface area contributed by atoms with Gasteiger partial charge in [0.2, 0.25) is 0 Å². The molecule has 1 saturated heterocycles. The minimum absolute atomic E-state index is 0.146. The maximum absolute atomic E-state index is 12.3. The highest BCUT2D eigenvalue weighted by molar-refractivity contribution is 5.85. The zero-order valence-corrected chi connectivity index (χ0v) is 14.1. The van der Waals surface area contributed by atoms with E-state index in [-0.39, 0.29) is 11.9 Å². The van der Waals surface area contributed by atoms with E-state index < -0.39 is 5.60 Å². The molecule has 0 spiro atoms. The van der Waals surface area contributed by atoms with E-state index in [1.165, 1.54) is 11.1 Å². The summed E-state index contributed by atoms with van der Waals surface area (Å²) in [4.78, 5) is 14.7. The van der Waals surface area contributed by atoms with E-state index in [1.54, 1.807) is 0 Å². The Labute approximate surface area is 138 Å². The van der Waals surface area contributed by atoms with Gasteiger partial charge < -0.3 is 10.4 Å². The first-order valence-electron chi connectivity index (χ1n) is 8.86. The summed E-state index contributed by atoms with van der Waals surface area (Å²) < 4.78 is 0. The number of amides is 1. The zero-order valence-electron chi connectivity index (χ0n) is 14.1. The lowest BCUT2D eigenvalue weighted by molar-refractivity contribution is -0.140. The first-order chi connectivity index (χ1) is 11.0. The number of benzene rings is 1. The molecule has 1 aromatic rings. The third kappa shape index (κ3) is 4.12. The SMILES string of the molecule is Cc1cccc(CN2CCC(NC(=O)C3(O)CCCC3)CC2)c1. The van der Waals surface area contributed by atoms with Crippen LogP contribution in [0.4, 0.5) is 0 Å². The number of piperidine rings is 1. The van der Waals surface area contributed by atoms with Gasteiger partial charge in [0.25, 0.3) is 5.91 Å². The molecule has 0 unspecified atom stereocenters. The summed E-state index contributed by atoms with van der Waals surface area (Å²) in [6.07, 6.45) is 5.08. The molecule has 23 heavy (non-hydrogen) atoms. The lowest BCUT2D eigenvalue weighted by Gasteiger charge is -2.34. The van der Waals surface area contributed by atoms with Crippen molar-refractivity contribution in [2.24, 2.45) is 0 Å². The van der Waals surface area contributed by atoms with E-state index in [4.69, 9.17) is 0 Å². The zero-order chi connectivity index (χ0) is 16.3. The number of aliphatic hydroxyl groups is 1. The standard InChI is InChI=1S/C19H28N2O2/c1-15-5-4-6-16(13-15)14-21-11-7-17(8-12-21)20-18(22)19(23)9-2-3-10-19/h4-6,13,17,23H,2-3,7-12,14H2,1H3,(H,20,22). The van der Waals surface area contributed by atoms with Crippen molar-refractivity contribution >= 4 is 5.91 Å². The van der Waals surface area contributed by atoms with Crippen molar-refractivity contribution in [2.45, 2.75) is 63.6 Å². The summed E-state index contributed by atoms with van der Waals surface area (Å²) in [5, 5.41) is 13.4. The molecule has 4 nitrogen and oxygen atoms in total. The molecule has 1 aliphatic heterocycles. The third-order valence-corrected chi connectivity index (χ3v) is 5.26. The molecule has 0 bridgehead atoms. The molecule has 2 N–H and O–H groups in total. The fourth-order valence-electron chi connectivity index (χ4n) is 3.81. The first-order valence-corrected chi connectivity index (χ1v) is 8.86. The first kappa shape index (κ1) is 16.5. The number of rotatable bonds is 4. The van der Waals surface area contributed by atoms with Crippen molar-refractivity contribution in [3.63, 3.8) is 0 Å². The van der Waals surface area contributed by atoms with Gasteiger partial charge in [0.05, 0.1) is 0 Å². The van der Waals surface area contributed by atoms with Crippen LogP contribution >= 0.6 is 0 Å². The van der Waals surface area contributed by atoms with Crippen molar-refractivity contribution in [1.82, 2.24) is 10.2 Å². The van der Waals surface area contributed by atoms with Gasteiger partial charge in [0.1, 0.15) is 5.60 Å². The summed E-state index contributed by atoms with van der Waals surface area (Å²) in [6, 6.07) is 8.86. The lowest BCUT2D eigenvalue weighted by atomic mass is 9.98.